The number of rotatable bonds is 8. The van der Waals surface area contributed by atoms with Crippen molar-refractivity contribution in [2.24, 2.45) is 10.9 Å². The summed E-state index contributed by atoms with van der Waals surface area (Å²) >= 11 is 0. The molecule has 146 valence electrons. The molecule has 0 aliphatic carbocycles. The van der Waals surface area contributed by atoms with Crippen LogP contribution in [0.5, 0.6) is 0 Å². The summed E-state index contributed by atoms with van der Waals surface area (Å²) in [6.45, 7) is 8.38. The maximum absolute atomic E-state index is 11.6. The summed E-state index contributed by atoms with van der Waals surface area (Å²) in [5.74, 6) is 2.07. The highest BCUT2D eigenvalue weighted by Gasteiger charge is 2.19. The van der Waals surface area contributed by atoms with Crippen molar-refractivity contribution in [1.29, 1.82) is 0 Å². The Hall–Kier alpha value is -0.570. The predicted molar refractivity (Wildman–Crippen MR) is 113 cm³/mol. The fourth-order valence-corrected chi connectivity index (χ4v) is 3.37. The SMILES string of the molecule is CCNC(=NCCCN1CCCC1=O)N(C)CCC1CCOCC1.I. The molecule has 0 atom stereocenters. The highest BCUT2D eigenvalue weighted by molar-refractivity contribution is 14.0. The second-order valence-corrected chi connectivity index (χ2v) is 6.84. The molecule has 2 fully saturated rings. The minimum absolute atomic E-state index is 0. The first kappa shape index (κ1) is 22.5. The number of aliphatic imine (C=N–C) groups is 1. The van der Waals surface area contributed by atoms with E-state index in [1.54, 1.807) is 0 Å². The number of hydrogen-bond donors (Lipinski definition) is 1. The number of nitrogens with zero attached hydrogens (tertiary/aromatic N) is 3. The van der Waals surface area contributed by atoms with Gasteiger partial charge in [-0.2, -0.15) is 0 Å². The van der Waals surface area contributed by atoms with Crippen molar-refractivity contribution >= 4 is 35.8 Å². The summed E-state index contributed by atoms with van der Waals surface area (Å²) < 4.78 is 5.43. The Labute approximate surface area is 169 Å². The van der Waals surface area contributed by atoms with Crippen LogP contribution in [-0.2, 0) is 9.53 Å². The Balaban J connectivity index is 0.00000312. The molecular formula is C18H35IN4O2. The predicted octanol–water partition coefficient (Wildman–Crippen LogP) is 2.33. The van der Waals surface area contributed by atoms with Gasteiger partial charge in [0.25, 0.3) is 0 Å². The fraction of sp³-hybridized carbons (Fsp3) is 0.889. The lowest BCUT2D eigenvalue weighted by molar-refractivity contribution is -0.127. The number of halogens is 1. The molecule has 1 amide bonds. The Morgan fingerprint density at radius 2 is 2.16 bits per heavy atom. The lowest BCUT2D eigenvalue weighted by atomic mass is 9.96. The molecule has 0 aromatic rings. The molecule has 2 aliphatic rings. The van der Waals surface area contributed by atoms with Crippen LogP contribution in [0.15, 0.2) is 4.99 Å². The second kappa shape index (κ2) is 12.7. The molecule has 2 saturated heterocycles. The van der Waals surface area contributed by atoms with Gasteiger partial charge in [0.15, 0.2) is 5.96 Å². The molecule has 0 saturated carbocycles. The van der Waals surface area contributed by atoms with Gasteiger partial charge in [0.1, 0.15) is 0 Å². The maximum Gasteiger partial charge on any atom is 0.222 e. The van der Waals surface area contributed by atoms with Crippen LogP contribution in [0, 0.1) is 5.92 Å². The third-order valence-electron chi connectivity index (χ3n) is 4.93. The van der Waals surface area contributed by atoms with Gasteiger partial charge in [-0.1, -0.05) is 0 Å². The number of ether oxygens (including phenoxy) is 1. The van der Waals surface area contributed by atoms with E-state index in [2.05, 4.69) is 24.2 Å². The van der Waals surface area contributed by atoms with Crippen molar-refractivity contribution in [3.8, 4) is 0 Å². The van der Waals surface area contributed by atoms with Gasteiger partial charge in [-0.15, -0.1) is 24.0 Å². The van der Waals surface area contributed by atoms with E-state index in [4.69, 9.17) is 9.73 Å². The van der Waals surface area contributed by atoms with Crippen molar-refractivity contribution in [3.05, 3.63) is 0 Å². The topological polar surface area (TPSA) is 57.2 Å². The van der Waals surface area contributed by atoms with Crippen LogP contribution in [0.1, 0.15) is 45.4 Å². The Morgan fingerprint density at radius 1 is 1.40 bits per heavy atom. The molecule has 2 rings (SSSR count). The zero-order chi connectivity index (χ0) is 17.2. The number of carbonyl (C=O) groups excluding carboxylic acids is 1. The summed E-state index contributed by atoms with van der Waals surface area (Å²) in [6, 6.07) is 0. The molecule has 0 unspecified atom stereocenters. The Bertz CT molecular complexity index is 414. The van der Waals surface area contributed by atoms with Crippen LogP contribution >= 0.6 is 24.0 Å². The molecule has 7 heteroatoms. The summed E-state index contributed by atoms with van der Waals surface area (Å²) in [7, 11) is 2.12. The normalized spacial score (nSPS) is 19.0. The molecule has 2 heterocycles. The molecule has 0 radical (unpaired) electrons. The van der Waals surface area contributed by atoms with Crippen molar-refractivity contribution in [1.82, 2.24) is 15.1 Å². The van der Waals surface area contributed by atoms with Crippen LogP contribution in [0.3, 0.4) is 0 Å². The number of carbonyl (C=O) groups is 1. The standard InChI is InChI=1S/C18H34N4O2.HI/c1-3-19-18(20-10-5-12-22-11-4-6-17(22)23)21(2)13-7-16-8-14-24-15-9-16;/h16H,3-15H2,1-2H3,(H,19,20);1H. The number of amides is 1. The molecule has 2 aliphatic heterocycles. The molecule has 0 spiro atoms. The average molecular weight is 466 g/mol. The van der Waals surface area contributed by atoms with Gasteiger partial charge in [0, 0.05) is 59.4 Å². The van der Waals surface area contributed by atoms with Crippen molar-refractivity contribution in [3.63, 3.8) is 0 Å². The van der Waals surface area contributed by atoms with Crippen LogP contribution in [-0.4, -0.2) is 74.7 Å². The first-order valence-electron chi connectivity index (χ1n) is 9.55. The zero-order valence-electron chi connectivity index (χ0n) is 15.8. The Morgan fingerprint density at radius 3 is 2.80 bits per heavy atom. The van der Waals surface area contributed by atoms with Gasteiger partial charge in [0.2, 0.25) is 5.91 Å². The first-order chi connectivity index (χ1) is 11.7. The van der Waals surface area contributed by atoms with Crippen LogP contribution in [0.4, 0.5) is 0 Å². The Kier molecular flexibility index (Phi) is 11.4. The van der Waals surface area contributed by atoms with E-state index in [0.717, 1.165) is 77.1 Å². The van der Waals surface area contributed by atoms with Gasteiger partial charge in [-0.25, -0.2) is 0 Å². The average Bonchev–Trinajstić information content (AvgIpc) is 3.01. The lowest BCUT2D eigenvalue weighted by Gasteiger charge is -2.27. The monoisotopic (exact) mass is 466 g/mol. The highest BCUT2D eigenvalue weighted by Crippen LogP contribution is 2.18. The van der Waals surface area contributed by atoms with Crippen molar-refractivity contribution in [2.45, 2.75) is 45.4 Å². The van der Waals surface area contributed by atoms with Gasteiger partial charge in [-0.05, 0) is 44.9 Å². The molecule has 0 bridgehead atoms. The quantitative estimate of drug-likeness (QED) is 0.258. The summed E-state index contributed by atoms with van der Waals surface area (Å²) in [4.78, 5) is 20.5. The minimum Gasteiger partial charge on any atom is -0.381 e. The van der Waals surface area contributed by atoms with Gasteiger partial charge < -0.3 is 19.9 Å². The van der Waals surface area contributed by atoms with Gasteiger partial charge >= 0.3 is 0 Å². The molecular weight excluding hydrogens is 431 g/mol. The summed E-state index contributed by atoms with van der Waals surface area (Å²) in [5, 5.41) is 3.38. The van der Waals surface area contributed by atoms with E-state index in [9.17, 15) is 4.79 Å². The number of nitrogens with one attached hydrogen (secondary N) is 1. The zero-order valence-corrected chi connectivity index (χ0v) is 18.2. The molecule has 0 aromatic heterocycles. The van der Waals surface area contributed by atoms with E-state index in [0.29, 0.717) is 5.91 Å². The van der Waals surface area contributed by atoms with Crippen molar-refractivity contribution in [2.75, 3.05) is 53.0 Å². The third-order valence-corrected chi connectivity index (χ3v) is 4.93. The van der Waals surface area contributed by atoms with E-state index in [-0.39, 0.29) is 24.0 Å². The van der Waals surface area contributed by atoms with Gasteiger partial charge in [-0.3, -0.25) is 9.79 Å². The largest absolute Gasteiger partial charge is 0.381 e. The van der Waals surface area contributed by atoms with Crippen LogP contribution < -0.4 is 5.32 Å². The molecule has 25 heavy (non-hydrogen) atoms. The summed E-state index contributed by atoms with van der Waals surface area (Å²) in [6.07, 6.45) is 6.25. The van der Waals surface area contributed by atoms with E-state index in [1.807, 2.05) is 4.90 Å². The molecule has 6 nitrogen and oxygen atoms in total. The maximum atomic E-state index is 11.6. The first-order valence-corrected chi connectivity index (χ1v) is 9.55. The van der Waals surface area contributed by atoms with Gasteiger partial charge in [0.05, 0.1) is 0 Å². The van der Waals surface area contributed by atoms with Crippen LogP contribution in [0.2, 0.25) is 0 Å². The number of hydrogen-bond acceptors (Lipinski definition) is 3. The lowest BCUT2D eigenvalue weighted by Crippen LogP contribution is -2.40. The smallest absolute Gasteiger partial charge is 0.222 e. The fourth-order valence-electron chi connectivity index (χ4n) is 3.37. The number of likely N-dealkylation sites (tertiary alicyclic amines) is 1. The van der Waals surface area contributed by atoms with E-state index < -0.39 is 0 Å². The molecule has 0 aromatic carbocycles. The second-order valence-electron chi connectivity index (χ2n) is 6.84. The van der Waals surface area contributed by atoms with E-state index in [1.165, 1.54) is 19.3 Å². The molecule has 1 N–H and O–H groups in total. The van der Waals surface area contributed by atoms with Crippen molar-refractivity contribution < 1.29 is 9.53 Å². The third kappa shape index (κ3) is 8.11. The number of guanidine groups is 1. The highest BCUT2D eigenvalue weighted by atomic mass is 127. The summed E-state index contributed by atoms with van der Waals surface area (Å²) in [5.41, 5.74) is 0. The van der Waals surface area contributed by atoms with Crippen LogP contribution in [0.25, 0.3) is 0 Å². The minimum atomic E-state index is 0. The van der Waals surface area contributed by atoms with E-state index >= 15 is 0 Å².